The van der Waals surface area contributed by atoms with Crippen molar-refractivity contribution in [3.63, 3.8) is 0 Å². The van der Waals surface area contributed by atoms with Crippen LogP contribution in [0.2, 0.25) is 5.02 Å². The summed E-state index contributed by atoms with van der Waals surface area (Å²) in [4.78, 5) is 0. The third-order valence-electron chi connectivity index (χ3n) is 1.95. The molecule has 0 aliphatic rings. The first-order chi connectivity index (χ1) is 7.08. The maximum atomic E-state index is 13.1. The lowest BCUT2D eigenvalue weighted by molar-refractivity contribution is 0.626. The molecule has 3 nitrogen and oxygen atoms in total. The third kappa shape index (κ3) is 1.93. The van der Waals surface area contributed by atoms with Gasteiger partial charge < -0.3 is 0 Å². The van der Waals surface area contributed by atoms with Crippen molar-refractivity contribution in [2.24, 2.45) is 0 Å². The second-order valence-electron chi connectivity index (χ2n) is 3.04. The molecule has 1 aromatic heterocycles. The van der Waals surface area contributed by atoms with E-state index in [-0.39, 0.29) is 0 Å². The van der Waals surface area contributed by atoms with Gasteiger partial charge in [0.2, 0.25) is 0 Å². The second kappa shape index (κ2) is 3.75. The zero-order chi connectivity index (χ0) is 11.0. The second-order valence-corrected chi connectivity index (χ2v) is 3.86. The van der Waals surface area contributed by atoms with E-state index >= 15 is 0 Å². The topological polar surface area (TPSA) is 33.6 Å². The van der Waals surface area contributed by atoms with E-state index in [1.807, 2.05) is 0 Å². The minimum Gasteiger partial charge on any atom is -0.272 e. The van der Waals surface area contributed by atoms with Gasteiger partial charge in [-0.15, -0.1) is 0 Å². The predicted molar refractivity (Wildman–Crippen MR) is 58.5 cm³/mol. The van der Waals surface area contributed by atoms with Crippen molar-refractivity contribution in [2.75, 3.05) is 0 Å². The summed E-state index contributed by atoms with van der Waals surface area (Å²) in [6, 6.07) is 4.22. The predicted octanol–water partition coefficient (Wildman–Crippen LogP) is 3.03. The highest BCUT2D eigenvalue weighted by atomic mass is 35.5. The summed E-state index contributed by atoms with van der Waals surface area (Å²) >= 11 is 10.8. The lowest BCUT2D eigenvalue weighted by Crippen LogP contribution is -1.97. The summed E-state index contributed by atoms with van der Waals surface area (Å²) in [6.45, 7) is 1.77. The van der Waals surface area contributed by atoms with Gasteiger partial charge in [-0.2, -0.15) is 5.10 Å². The molecule has 1 aromatic carbocycles. The zero-order valence-electron chi connectivity index (χ0n) is 7.79. The molecule has 0 saturated carbocycles. The Morgan fingerprint density at radius 3 is 2.73 bits per heavy atom. The molecule has 1 heterocycles. The Hall–Kier alpha value is -1.20. The van der Waals surface area contributed by atoms with Crippen molar-refractivity contribution in [1.29, 1.82) is 0 Å². The first-order valence-corrected chi connectivity index (χ1v) is 4.97. The highest BCUT2D eigenvalue weighted by molar-refractivity contribution is 7.71. The molecular weight excluding hydrogens is 237 g/mol. The van der Waals surface area contributed by atoms with Crippen LogP contribution in [-0.4, -0.2) is 14.8 Å². The SMILES string of the molecule is Cc1n[nH]c(=S)n1-c1cc(F)cc(Cl)c1. The number of benzene rings is 1. The standard InChI is InChI=1S/C9H7ClFN3S/c1-5-12-13-9(15)14(5)8-3-6(10)2-7(11)4-8/h2-4H,1H3,(H,13,15). The molecule has 1 N–H and O–H groups in total. The van der Waals surface area contributed by atoms with E-state index in [1.54, 1.807) is 17.6 Å². The highest BCUT2D eigenvalue weighted by Gasteiger charge is 2.06. The van der Waals surface area contributed by atoms with E-state index in [2.05, 4.69) is 10.2 Å². The van der Waals surface area contributed by atoms with E-state index in [1.165, 1.54) is 12.1 Å². The molecule has 15 heavy (non-hydrogen) atoms. The molecule has 0 spiro atoms. The number of H-pyrrole nitrogens is 1. The molecule has 0 unspecified atom stereocenters. The number of nitrogens with zero attached hydrogens (tertiary/aromatic N) is 2. The van der Waals surface area contributed by atoms with Gasteiger partial charge in [-0.3, -0.25) is 9.67 Å². The van der Waals surface area contributed by atoms with Crippen LogP contribution in [-0.2, 0) is 0 Å². The van der Waals surface area contributed by atoms with Crippen molar-refractivity contribution >= 4 is 23.8 Å². The Balaban J connectivity index is 2.69. The van der Waals surface area contributed by atoms with Gasteiger partial charge in [-0.05, 0) is 37.3 Å². The molecule has 0 aliphatic heterocycles. The molecular formula is C9H7ClFN3S. The summed E-state index contributed by atoms with van der Waals surface area (Å²) < 4.78 is 15.1. The number of rotatable bonds is 1. The number of hydrogen-bond acceptors (Lipinski definition) is 2. The monoisotopic (exact) mass is 243 g/mol. The van der Waals surface area contributed by atoms with Crippen LogP contribution in [0.15, 0.2) is 18.2 Å². The molecule has 0 atom stereocenters. The van der Waals surface area contributed by atoms with Crippen LogP contribution in [0.5, 0.6) is 0 Å². The Bertz CT molecular complexity index is 540. The van der Waals surface area contributed by atoms with Crippen LogP contribution in [0.25, 0.3) is 5.69 Å². The van der Waals surface area contributed by atoms with Gasteiger partial charge in [0.05, 0.1) is 5.69 Å². The van der Waals surface area contributed by atoms with Gasteiger partial charge in [0.1, 0.15) is 11.6 Å². The molecule has 0 amide bonds. The third-order valence-corrected chi connectivity index (χ3v) is 2.44. The van der Waals surface area contributed by atoms with Crippen molar-refractivity contribution in [3.05, 3.63) is 39.6 Å². The Morgan fingerprint density at radius 1 is 1.47 bits per heavy atom. The van der Waals surface area contributed by atoms with Gasteiger partial charge >= 0.3 is 0 Å². The van der Waals surface area contributed by atoms with Crippen molar-refractivity contribution in [1.82, 2.24) is 14.8 Å². The largest absolute Gasteiger partial charge is 0.272 e. The number of hydrogen-bond donors (Lipinski definition) is 1. The number of aromatic amines is 1. The molecule has 0 saturated heterocycles. The molecule has 78 valence electrons. The molecule has 0 aliphatic carbocycles. The fourth-order valence-electron chi connectivity index (χ4n) is 1.35. The van der Waals surface area contributed by atoms with Crippen LogP contribution in [0.4, 0.5) is 4.39 Å². The van der Waals surface area contributed by atoms with Gasteiger partial charge in [0.15, 0.2) is 4.77 Å². The van der Waals surface area contributed by atoms with E-state index in [0.29, 0.717) is 21.3 Å². The summed E-state index contributed by atoms with van der Waals surface area (Å²) in [5.41, 5.74) is 0.566. The normalized spacial score (nSPS) is 10.6. The maximum absolute atomic E-state index is 13.1. The quantitative estimate of drug-likeness (QED) is 0.781. The van der Waals surface area contributed by atoms with Crippen LogP contribution < -0.4 is 0 Å². The summed E-state index contributed by atoms with van der Waals surface area (Å²) in [5.74, 6) is 0.252. The number of halogens is 2. The first-order valence-electron chi connectivity index (χ1n) is 4.18. The molecule has 6 heteroatoms. The van der Waals surface area contributed by atoms with Crippen molar-refractivity contribution in [2.45, 2.75) is 6.92 Å². The van der Waals surface area contributed by atoms with Crippen LogP contribution in [0, 0.1) is 17.5 Å². The van der Waals surface area contributed by atoms with E-state index in [9.17, 15) is 4.39 Å². The maximum Gasteiger partial charge on any atom is 0.199 e. The van der Waals surface area contributed by atoms with E-state index < -0.39 is 5.82 Å². The zero-order valence-corrected chi connectivity index (χ0v) is 9.36. The molecule has 0 bridgehead atoms. The lowest BCUT2D eigenvalue weighted by atomic mass is 10.3. The van der Waals surface area contributed by atoms with Gasteiger partial charge in [-0.25, -0.2) is 4.39 Å². The Kier molecular flexibility index (Phi) is 2.58. The highest BCUT2D eigenvalue weighted by Crippen LogP contribution is 2.18. The van der Waals surface area contributed by atoms with E-state index in [0.717, 1.165) is 0 Å². The summed E-state index contributed by atoms with van der Waals surface area (Å²) in [6.07, 6.45) is 0. The molecule has 2 rings (SSSR count). The molecule has 2 aromatic rings. The molecule has 0 radical (unpaired) electrons. The number of nitrogens with one attached hydrogen (secondary N) is 1. The van der Waals surface area contributed by atoms with Gasteiger partial charge in [0.25, 0.3) is 0 Å². The van der Waals surface area contributed by atoms with Gasteiger partial charge in [-0.1, -0.05) is 11.6 Å². The summed E-state index contributed by atoms with van der Waals surface area (Å²) in [5, 5.41) is 6.88. The smallest absolute Gasteiger partial charge is 0.199 e. The number of aromatic nitrogens is 3. The van der Waals surface area contributed by atoms with Crippen LogP contribution in [0.1, 0.15) is 5.82 Å². The van der Waals surface area contributed by atoms with Crippen molar-refractivity contribution in [3.8, 4) is 5.69 Å². The first kappa shape index (κ1) is 10.3. The van der Waals surface area contributed by atoms with Crippen LogP contribution in [0.3, 0.4) is 0 Å². The average Bonchev–Trinajstić information content (AvgIpc) is 2.44. The Labute approximate surface area is 95.5 Å². The van der Waals surface area contributed by atoms with Crippen molar-refractivity contribution < 1.29 is 4.39 Å². The Morgan fingerprint density at radius 2 is 2.20 bits per heavy atom. The fraction of sp³-hybridized carbons (Fsp3) is 0.111. The summed E-state index contributed by atoms with van der Waals surface area (Å²) in [7, 11) is 0. The fourth-order valence-corrected chi connectivity index (χ4v) is 1.85. The molecule has 0 fully saturated rings. The number of aryl methyl sites for hydroxylation is 1. The van der Waals surface area contributed by atoms with Crippen LogP contribution >= 0.6 is 23.8 Å². The van der Waals surface area contributed by atoms with E-state index in [4.69, 9.17) is 23.8 Å². The van der Waals surface area contributed by atoms with Gasteiger partial charge in [0, 0.05) is 5.02 Å². The lowest BCUT2D eigenvalue weighted by Gasteiger charge is -2.04. The minimum absolute atomic E-state index is 0.326. The minimum atomic E-state index is -0.403. The average molecular weight is 244 g/mol.